The number of hydrogen-bond donors (Lipinski definition) is 2. The number of nitrogens with one attached hydrogen (secondary N) is 1. The van der Waals surface area contributed by atoms with Crippen LogP contribution in [0.2, 0.25) is 0 Å². The standard InChI is InChI=1S/C15H17NO3.ClH/c1-2-8-16-10-13-6-7-14(19-13)11-4-3-5-12(9-11)15(17)18;/h3-7,9,16H,2,8,10H2,1H3,(H,17,18);1H. The molecule has 0 spiro atoms. The van der Waals surface area contributed by atoms with E-state index in [1.165, 1.54) is 0 Å². The molecule has 0 fully saturated rings. The molecule has 5 heteroatoms. The average Bonchev–Trinajstić information content (AvgIpc) is 2.88. The Hall–Kier alpha value is -1.78. The zero-order chi connectivity index (χ0) is 13.7. The Morgan fingerprint density at radius 3 is 2.80 bits per heavy atom. The predicted octanol–water partition coefficient (Wildman–Crippen LogP) is 3.57. The van der Waals surface area contributed by atoms with Gasteiger partial charge in [0.05, 0.1) is 12.1 Å². The zero-order valence-corrected chi connectivity index (χ0v) is 12.1. The van der Waals surface area contributed by atoms with Crippen molar-refractivity contribution in [3.05, 3.63) is 47.7 Å². The summed E-state index contributed by atoms with van der Waals surface area (Å²) < 4.78 is 5.70. The maximum absolute atomic E-state index is 10.9. The Kier molecular flexibility index (Phi) is 6.28. The highest BCUT2D eigenvalue weighted by molar-refractivity contribution is 5.89. The minimum absolute atomic E-state index is 0. The van der Waals surface area contributed by atoms with E-state index < -0.39 is 5.97 Å². The van der Waals surface area contributed by atoms with Gasteiger partial charge in [-0.15, -0.1) is 12.4 Å². The summed E-state index contributed by atoms with van der Waals surface area (Å²) in [4.78, 5) is 10.9. The minimum Gasteiger partial charge on any atom is -0.478 e. The van der Waals surface area contributed by atoms with E-state index in [0.29, 0.717) is 12.3 Å². The van der Waals surface area contributed by atoms with Gasteiger partial charge in [-0.3, -0.25) is 0 Å². The smallest absolute Gasteiger partial charge is 0.335 e. The zero-order valence-electron chi connectivity index (χ0n) is 11.3. The number of halogens is 1. The third-order valence-electron chi connectivity index (χ3n) is 2.78. The first-order chi connectivity index (χ1) is 9.20. The number of carboxylic acid groups (broad SMARTS) is 1. The third kappa shape index (κ3) is 4.11. The van der Waals surface area contributed by atoms with E-state index in [1.54, 1.807) is 18.2 Å². The number of hydrogen-bond acceptors (Lipinski definition) is 3. The number of furan rings is 1. The van der Waals surface area contributed by atoms with Crippen molar-refractivity contribution >= 4 is 18.4 Å². The van der Waals surface area contributed by atoms with Gasteiger partial charge in [0.15, 0.2) is 0 Å². The Labute approximate surface area is 124 Å². The van der Waals surface area contributed by atoms with Crippen LogP contribution in [0.5, 0.6) is 0 Å². The Morgan fingerprint density at radius 1 is 1.30 bits per heavy atom. The highest BCUT2D eigenvalue weighted by Gasteiger charge is 2.08. The van der Waals surface area contributed by atoms with Gasteiger partial charge in [-0.05, 0) is 37.2 Å². The number of benzene rings is 1. The fourth-order valence-corrected chi connectivity index (χ4v) is 1.82. The van der Waals surface area contributed by atoms with Crippen molar-refractivity contribution in [2.45, 2.75) is 19.9 Å². The molecule has 2 rings (SSSR count). The van der Waals surface area contributed by atoms with Gasteiger partial charge in [0.25, 0.3) is 0 Å². The molecule has 0 aliphatic heterocycles. The fourth-order valence-electron chi connectivity index (χ4n) is 1.82. The van der Waals surface area contributed by atoms with Crippen LogP contribution in [0, 0.1) is 0 Å². The van der Waals surface area contributed by atoms with Crippen molar-refractivity contribution in [2.75, 3.05) is 6.54 Å². The maximum atomic E-state index is 10.9. The highest BCUT2D eigenvalue weighted by Crippen LogP contribution is 2.23. The number of rotatable bonds is 6. The molecule has 0 radical (unpaired) electrons. The van der Waals surface area contributed by atoms with Gasteiger partial charge in [0, 0.05) is 5.56 Å². The van der Waals surface area contributed by atoms with E-state index in [0.717, 1.165) is 24.3 Å². The van der Waals surface area contributed by atoms with Crippen molar-refractivity contribution in [2.24, 2.45) is 0 Å². The van der Waals surface area contributed by atoms with Gasteiger partial charge in [0.2, 0.25) is 0 Å². The summed E-state index contributed by atoms with van der Waals surface area (Å²) in [6.45, 7) is 3.74. The Balaban J connectivity index is 0.00000200. The molecule has 108 valence electrons. The monoisotopic (exact) mass is 295 g/mol. The van der Waals surface area contributed by atoms with Crippen molar-refractivity contribution in [3.8, 4) is 11.3 Å². The largest absolute Gasteiger partial charge is 0.478 e. The third-order valence-corrected chi connectivity index (χ3v) is 2.78. The van der Waals surface area contributed by atoms with Crippen LogP contribution in [0.3, 0.4) is 0 Å². The molecule has 2 N–H and O–H groups in total. The minimum atomic E-state index is -0.932. The average molecular weight is 296 g/mol. The first-order valence-corrected chi connectivity index (χ1v) is 6.34. The molecule has 0 aliphatic rings. The van der Waals surface area contributed by atoms with E-state index in [1.807, 2.05) is 18.2 Å². The van der Waals surface area contributed by atoms with Crippen LogP contribution < -0.4 is 5.32 Å². The summed E-state index contributed by atoms with van der Waals surface area (Å²) in [5, 5.41) is 12.2. The second-order valence-corrected chi connectivity index (χ2v) is 4.33. The second kappa shape index (κ2) is 7.72. The van der Waals surface area contributed by atoms with E-state index >= 15 is 0 Å². The van der Waals surface area contributed by atoms with E-state index in [9.17, 15) is 4.79 Å². The number of carbonyl (C=O) groups is 1. The van der Waals surface area contributed by atoms with E-state index in [4.69, 9.17) is 9.52 Å². The topological polar surface area (TPSA) is 62.5 Å². The summed E-state index contributed by atoms with van der Waals surface area (Å²) in [6.07, 6.45) is 1.08. The van der Waals surface area contributed by atoms with Crippen molar-refractivity contribution < 1.29 is 14.3 Å². The van der Waals surface area contributed by atoms with E-state index in [-0.39, 0.29) is 18.0 Å². The van der Waals surface area contributed by atoms with Crippen LogP contribution in [-0.4, -0.2) is 17.6 Å². The Morgan fingerprint density at radius 2 is 2.10 bits per heavy atom. The quantitative estimate of drug-likeness (QED) is 0.800. The molecule has 1 heterocycles. The van der Waals surface area contributed by atoms with Gasteiger partial charge >= 0.3 is 5.97 Å². The van der Waals surface area contributed by atoms with Crippen LogP contribution in [0.15, 0.2) is 40.8 Å². The molecule has 1 aromatic carbocycles. The van der Waals surface area contributed by atoms with Crippen LogP contribution in [0.25, 0.3) is 11.3 Å². The molecule has 2 aromatic rings. The molecule has 0 amide bonds. The lowest BCUT2D eigenvalue weighted by Crippen LogP contribution is -2.12. The molecule has 0 aliphatic carbocycles. The van der Waals surface area contributed by atoms with E-state index in [2.05, 4.69) is 12.2 Å². The van der Waals surface area contributed by atoms with Crippen LogP contribution >= 0.6 is 12.4 Å². The highest BCUT2D eigenvalue weighted by atomic mass is 35.5. The molecule has 0 unspecified atom stereocenters. The lowest BCUT2D eigenvalue weighted by molar-refractivity contribution is 0.0697. The predicted molar refractivity (Wildman–Crippen MR) is 80.3 cm³/mol. The first kappa shape index (κ1) is 16.3. The first-order valence-electron chi connectivity index (χ1n) is 6.34. The molecule has 0 saturated heterocycles. The maximum Gasteiger partial charge on any atom is 0.335 e. The summed E-state index contributed by atoms with van der Waals surface area (Å²) in [6, 6.07) is 10.5. The van der Waals surface area contributed by atoms with Crippen molar-refractivity contribution in [1.82, 2.24) is 5.32 Å². The molecular weight excluding hydrogens is 278 g/mol. The van der Waals surface area contributed by atoms with Crippen LogP contribution in [0.4, 0.5) is 0 Å². The summed E-state index contributed by atoms with van der Waals surface area (Å²) >= 11 is 0. The molecule has 0 atom stereocenters. The van der Waals surface area contributed by atoms with Gasteiger partial charge in [-0.25, -0.2) is 4.79 Å². The molecule has 0 bridgehead atoms. The van der Waals surface area contributed by atoms with Crippen LogP contribution in [-0.2, 0) is 6.54 Å². The summed E-state index contributed by atoms with van der Waals surface area (Å²) in [5.74, 6) is 0.610. The van der Waals surface area contributed by atoms with Gasteiger partial charge in [-0.1, -0.05) is 19.1 Å². The molecule has 20 heavy (non-hydrogen) atoms. The molecule has 4 nitrogen and oxygen atoms in total. The van der Waals surface area contributed by atoms with Gasteiger partial charge < -0.3 is 14.8 Å². The van der Waals surface area contributed by atoms with Crippen LogP contribution in [0.1, 0.15) is 29.5 Å². The molecule has 0 saturated carbocycles. The summed E-state index contributed by atoms with van der Waals surface area (Å²) in [5.41, 5.74) is 1.04. The normalized spacial score (nSPS) is 10.1. The Bertz CT molecular complexity index is 566. The second-order valence-electron chi connectivity index (χ2n) is 4.33. The van der Waals surface area contributed by atoms with Gasteiger partial charge in [0.1, 0.15) is 11.5 Å². The fraction of sp³-hybridized carbons (Fsp3) is 0.267. The number of carboxylic acids is 1. The number of aromatic carboxylic acids is 1. The summed E-state index contributed by atoms with van der Waals surface area (Å²) in [7, 11) is 0. The lowest BCUT2D eigenvalue weighted by atomic mass is 10.1. The lowest BCUT2D eigenvalue weighted by Gasteiger charge is -2.01. The SMILES string of the molecule is CCCNCc1ccc(-c2cccc(C(=O)O)c2)o1.Cl. The van der Waals surface area contributed by atoms with Crippen molar-refractivity contribution in [3.63, 3.8) is 0 Å². The molecule has 1 aromatic heterocycles. The molecular formula is C15H18ClNO3. The van der Waals surface area contributed by atoms with Crippen molar-refractivity contribution in [1.29, 1.82) is 0 Å². The van der Waals surface area contributed by atoms with Gasteiger partial charge in [-0.2, -0.15) is 0 Å².